The molecule has 0 unspecified atom stereocenters. The highest BCUT2D eigenvalue weighted by Gasteiger charge is 2.30. The highest BCUT2D eigenvalue weighted by Crippen LogP contribution is 2.41. The molecule has 0 aliphatic carbocycles. The van der Waals surface area contributed by atoms with Crippen molar-refractivity contribution in [2.24, 2.45) is 5.41 Å². The van der Waals surface area contributed by atoms with Crippen molar-refractivity contribution in [2.45, 2.75) is 60.2 Å². The molecule has 0 bridgehead atoms. The minimum atomic E-state index is -0.608. The standard InChI is InChI=1S/C31H39ClN2O4/c1-20-18-24-23(12-13-26(33-24)34-14-16-36-17-15-34)28(21-8-10-22(32)11-9-21)27(20)25(38-31(5,6)7)19-37-29(35)30(2,3)4/h8-13,18,25H,14-17,19H2,1-7H3/t25-/m0/s1. The Bertz CT molecular complexity index is 1290. The number of ether oxygens (including phenoxy) is 3. The van der Waals surface area contributed by atoms with Gasteiger partial charge in [-0.05, 0) is 101 Å². The van der Waals surface area contributed by atoms with Gasteiger partial charge in [0, 0.05) is 23.5 Å². The molecule has 2 aromatic carbocycles. The van der Waals surface area contributed by atoms with Crippen LogP contribution in [0.3, 0.4) is 0 Å². The molecule has 1 aliphatic rings. The SMILES string of the molecule is Cc1cc2nc(N3CCOCC3)ccc2c(-c2ccc(Cl)cc2)c1[C@H](COC(=O)C(C)(C)C)OC(C)(C)C. The number of morpholine rings is 1. The molecular formula is C31H39ClN2O4. The molecule has 1 atom stereocenters. The Kier molecular flexibility index (Phi) is 8.36. The molecule has 0 radical (unpaired) electrons. The lowest BCUT2D eigenvalue weighted by Gasteiger charge is -2.32. The number of fused-ring (bicyclic) bond motifs is 1. The molecule has 0 amide bonds. The fraction of sp³-hybridized carbons (Fsp3) is 0.484. The number of carbonyl (C=O) groups excluding carboxylic acids is 1. The van der Waals surface area contributed by atoms with Crippen LogP contribution in [0.2, 0.25) is 5.02 Å². The van der Waals surface area contributed by atoms with E-state index in [0.717, 1.165) is 52.1 Å². The van der Waals surface area contributed by atoms with Crippen molar-refractivity contribution in [3.05, 3.63) is 58.6 Å². The van der Waals surface area contributed by atoms with Gasteiger partial charge in [-0.15, -0.1) is 0 Å². The summed E-state index contributed by atoms with van der Waals surface area (Å²) in [6.07, 6.45) is -0.477. The van der Waals surface area contributed by atoms with Crippen molar-refractivity contribution < 1.29 is 19.0 Å². The maximum absolute atomic E-state index is 12.7. The molecule has 2 heterocycles. The second kappa shape index (κ2) is 11.2. The second-order valence-corrected chi connectivity index (χ2v) is 12.3. The largest absolute Gasteiger partial charge is 0.462 e. The number of benzene rings is 2. The van der Waals surface area contributed by atoms with E-state index in [1.807, 2.05) is 65.8 Å². The van der Waals surface area contributed by atoms with Crippen LogP contribution < -0.4 is 4.90 Å². The fourth-order valence-corrected chi connectivity index (χ4v) is 4.82. The Hall–Kier alpha value is -2.67. The molecule has 1 aromatic heterocycles. The summed E-state index contributed by atoms with van der Waals surface area (Å²) in [7, 11) is 0. The number of anilines is 1. The first-order valence-corrected chi connectivity index (χ1v) is 13.6. The summed E-state index contributed by atoms with van der Waals surface area (Å²) in [4.78, 5) is 20.0. The van der Waals surface area contributed by atoms with Crippen molar-refractivity contribution in [3.8, 4) is 11.1 Å². The Morgan fingerprint density at radius 1 is 1.05 bits per heavy atom. The summed E-state index contributed by atoms with van der Waals surface area (Å²) in [6.45, 7) is 16.8. The zero-order valence-corrected chi connectivity index (χ0v) is 24.3. The van der Waals surface area contributed by atoms with E-state index in [1.54, 1.807) is 0 Å². The predicted molar refractivity (Wildman–Crippen MR) is 154 cm³/mol. The summed E-state index contributed by atoms with van der Waals surface area (Å²) in [5.41, 5.74) is 3.86. The number of carbonyl (C=O) groups is 1. The number of rotatable bonds is 6. The van der Waals surface area contributed by atoms with E-state index in [1.165, 1.54) is 0 Å². The smallest absolute Gasteiger partial charge is 0.311 e. The molecule has 38 heavy (non-hydrogen) atoms. The second-order valence-electron chi connectivity index (χ2n) is 11.9. The molecule has 3 aromatic rings. The van der Waals surface area contributed by atoms with Gasteiger partial charge in [-0.2, -0.15) is 0 Å². The van der Waals surface area contributed by atoms with Crippen LogP contribution in [0.25, 0.3) is 22.0 Å². The number of hydrogen-bond acceptors (Lipinski definition) is 6. The van der Waals surface area contributed by atoms with Gasteiger partial charge >= 0.3 is 5.97 Å². The third-order valence-corrected chi connectivity index (χ3v) is 6.74. The first kappa shape index (κ1) is 28.3. The van der Waals surface area contributed by atoms with Gasteiger partial charge < -0.3 is 19.1 Å². The lowest BCUT2D eigenvalue weighted by Crippen LogP contribution is -2.36. The van der Waals surface area contributed by atoms with Gasteiger partial charge in [-0.25, -0.2) is 4.98 Å². The van der Waals surface area contributed by atoms with E-state index in [-0.39, 0.29) is 12.6 Å². The van der Waals surface area contributed by atoms with E-state index < -0.39 is 17.1 Å². The molecule has 1 saturated heterocycles. The first-order chi connectivity index (χ1) is 17.8. The van der Waals surface area contributed by atoms with Crippen LogP contribution in [0.5, 0.6) is 0 Å². The van der Waals surface area contributed by atoms with Gasteiger partial charge in [0.05, 0.1) is 29.7 Å². The monoisotopic (exact) mass is 538 g/mol. The van der Waals surface area contributed by atoms with Gasteiger partial charge in [-0.3, -0.25) is 4.79 Å². The van der Waals surface area contributed by atoms with Gasteiger partial charge in [0.15, 0.2) is 0 Å². The zero-order valence-electron chi connectivity index (χ0n) is 23.6. The van der Waals surface area contributed by atoms with Crippen molar-refractivity contribution >= 4 is 34.3 Å². The van der Waals surface area contributed by atoms with Crippen LogP contribution in [0.15, 0.2) is 42.5 Å². The van der Waals surface area contributed by atoms with Crippen molar-refractivity contribution in [2.75, 3.05) is 37.8 Å². The molecule has 0 saturated carbocycles. The molecule has 6 nitrogen and oxygen atoms in total. The number of pyridine rings is 1. The van der Waals surface area contributed by atoms with Crippen molar-refractivity contribution in [1.82, 2.24) is 4.98 Å². The highest BCUT2D eigenvalue weighted by atomic mass is 35.5. The third kappa shape index (κ3) is 6.66. The van der Waals surface area contributed by atoms with Gasteiger partial charge in [0.25, 0.3) is 0 Å². The molecule has 1 fully saturated rings. The minimum Gasteiger partial charge on any atom is -0.462 e. The quantitative estimate of drug-likeness (QED) is 0.311. The lowest BCUT2D eigenvalue weighted by molar-refractivity contribution is -0.162. The van der Waals surface area contributed by atoms with Crippen LogP contribution >= 0.6 is 11.6 Å². The number of aromatic nitrogens is 1. The molecule has 1 aliphatic heterocycles. The normalized spacial score (nSPS) is 15.5. The van der Waals surface area contributed by atoms with Crippen LogP contribution in [-0.2, 0) is 19.0 Å². The summed E-state index contributed by atoms with van der Waals surface area (Å²) in [5.74, 6) is 0.680. The molecular weight excluding hydrogens is 500 g/mol. The van der Waals surface area contributed by atoms with E-state index in [2.05, 4.69) is 30.0 Å². The number of aryl methyl sites for hydroxylation is 1. The molecule has 0 N–H and O–H groups in total. The average molecular weight is 539 g/mol. The summed E-state index contributed by atoms with van der Waals surface area (Å²) < 4.78 is 17.9. The average Bonchev–Trinajstić information content (AvgIpc) is 2.85. The van der Waals surface area contributed by atoms with E-state index in [4.69, 9.17) is 30.8 Å². The summed E-state index contributed by atoms with van der Waals surface area (Å²) in [6, 6.07) is 14.1. The highest BCUT2D eigenvalue weighted by molar-refractivity contribution is 6.30. The van der Waals surface area contributed by atoms with Crippen molar-refractivity contribution in [3.63, 3.8) is 0 Å². The van der Waals surface area contributed by atoms with Gasteiger partial charge in [0.1, 0.15) is 18.5 Å². The van der Waals surface area contributed by atoms with Gasteiger partial charge in [-0.1, -0.05) is 23.7 Å². The Morgan fingerprint density at radius 3 is 2.32 bits per heavy atom. The predicted octanol–water partition coefficient (Wildman–Crippen LogP) is 7.15. The molecule has 7 heteroatoms. The van der Waals surface area contributed by atoms with E-state index >= 15 is 0 Å². The lowest BCUT2D eigenvalue weighted by atomic mass is 9.88. The first-order valence-electron chi connectivity index (χ1n) is 13.2. The Labute approximate surface area is 231 Å². The maximum atomic E-state index is 12.7. The maximum Gasteiger partial charge on any atom is 0.311 e. The molecule has 0 spiro atoms. The fourth-order valence-electron chi connectivity index (χ4n) is 4.69. The van der Waals surface area contributed by atoms with E-state index in [9.17, 15) is 4.79 Å². The molecule has 204 valence electrons. The Balaban J connectivity index is 1.89. The van der Waals surface area contributed by atoms with E-state index in [0.29, 0.717) is 18.2 Å². The van der Waals surface area contributed by atoms with Crippen molar-refractivity contribution in [1.29, 1.82) is 0 Å². The van der Waals surface area contributed by atoms with Crippen LogP contribution in [0, 0.1) is 12.3 Å². The summed E-state index contributed by atoms with van der Waals surface area (Å²) >= 11 is 6.26. The molecule has 4 rings (SSSR count). The number of halogens is 1. The van der Waals surface area contributed by atoms with Gasteiger partial charge in [0.2, 0.25) is 0 Å². The van der Waals surface area contributed by atoms with Crippen LogP contribution in [-0.4, -0.2) is 49.5 Å². The number of nitrogens with zero attached hydrogens (tertiary/aromatic N) is 2. The third-order valence-electron chi connectivity index (χ3n) is 6.49. The minimum absolute atomic E-state index is 0.111. The van der Waals surface area contributed by atoms with Crippen LogP contribution in [0.4, 0.5) is 5.82 Å². The van der Waals surface area contributed by atoms with Crippen LogP contribution in [0.1, 0.15) is 58.8 Å². The zero-order chi connectivity index (χ0) is 27.7. The summed E-state index contributed by atoms with van der Waals surface area (Å²) in [5, 5.41) is 1.68. The topological polar surface area (TPSA) is 60.9 Å². The number of esters is 1. The Morgan fingerprint density at radius 2 is 1.71 bits per heavy atom. The number of hydrogen-bond donors (Lipinski definition) is 0.